The minimum atomic E-state index is -1.24. The van der Waals surface area contributed by atoms with E-state index in [0.29, 0.717) is 11.1 Å². The number of benzene rings is 1. The van der Waals surface area contributed by atoms with Crippen LogP contribution in [0.2, 0.25) is 0 Å². The molecule has 1 amide bonds. The summed E-state index contributed by atoms with van der Waals surface area (Å²) in [4.78, 5) is 23.5. The fourth-order valence-electron chi connectivity index (χ4n) is 2.16. The fraction of sp³-hybridized carbons (Fsp3) is 0.429. The van der Waals surface area contributed by atoms with E-state index >= 15 is 0 Å². The van der Waals surface area contributed by atoms with E-state index in [9.17, 15) is 19.8 Å². The van der Waals surface area contributed by atoms with Gasteiger partial charge in [-0.2, -0.15) is 0 Å². The second-order valence-electron chi connectivity index (χ2n) is 5.19. The van der Waals surface area contributed by atoms with Crippen molar-refractivity contribution in [3.8, 4) is 5.75 Å². The van der Waals surface area contributed by atoms with Crippen molar-refractivity contribution in [1.82, 2.24) is 5.32 Å². The summed E-state index contributed by atoms with van der Waals surface area (Å²) < 4.78 is 0. The number of phenols is 1. The monoisotopic (exact) mass is 263 g/mol. The lowest BCUT2D eigenvalue weighted by molar-refractivity contribution is -0.144. The summed E-state index contributed by atoms with van der Waals surface area (Å²) in [6, 6.07) is 4.62. The molecule has 0 heterocycles. The Labute approximate surface area is 111 Å². The molecule has 0 radical (unpaired) electrons. The molecule has 5 heteroatoms. The van der Waals surface area contributed by atoms with Gasteiger partial charge in [0.2, 0.25) is 0 Å². The SMILES string of the molecule is Cc1c(O)cccc1C(=O)NC(C)(C(=O)O)C1CC1. The number of hydrogen-bond donors (Lipinski definition) is 3. The van der Waals surface area contributed by atoms with Gasteiger partial charge < -0.3 is 15.5 Å². The van der Waals surface area contributed by atoms with Crippen molar-refractivity contribution in [1.29, 1.82) is 0 Å². The highest BCUT2D eigenvalue weighted by Crippen LogP contribution is 2.40. The van der Waals surface area contributed by atoms with Gasteiger partial charge in [-0.15, -0.1) is 0 Å². The molecule has 0 spiro atoms. The van der Waals surface area contributed by atoms with E-state index in [1.165, 1.54) is 13.0 Å². The number of amides is 1. The van der Waals surface area contributed by atoms with Crippen molar-refractivity contribution < 1.29 is 19.8 Å². The first-order chi connectivity index (χ1) is 8.86. The Hall–Kier alpha value is -2.04. The topological polar surface area (TPSA) is 86.6 Å². The Balaban J connectivity index is 2.25. The van der Waals surface area contributed by atoms with Crippen molar-refractivity contribution in [2.24, 2.45) is 5.92 Å². The summed E-state index contributed by atoms with van der Waals surface area (Å²) in [6.45, 7) is 3.16. The second kappa shape index (κ2) is 4.57. The molecule has 0 saturated heterocycles. The highest BCUT2D eigenvalue weighted by Gasteiger charge is 2.48. The average molecular weight is 263 g/mol. The van der Waals surface area contributed by atoms with Crippen molar-refractivity contribution in [3.05, 3.63) is 29.3 Å². The van der Waals surface area contributed by atoms with Crippen LogP contribution in [0.1, 0.15) is 35.7 Å². The van der Waals surface area contributed by atoms with Crippen LogP contribution in [0.4, 0.5) is 0 Å². The maximum atomic E-state index is 12.2. The molecule has 0 aliphatic heterocycles. The van der Waals surface area contributed by atoms with Gasteiger partial charge in [-0.1, -0.05) is 6.07 Å². The molecule has 0 aromatic heterocycles. The van der Waals surface area contributed by atoms with Crippen LogP contribution in [0.25, 0.3) is 0 Å². The summed E-state index contributed by atoms with van der Waals surface area (Å²) in [7, 11) is 0. The molecule has 3 N–H and O–H groups in total. The van der Waals surface area contributed by atoms with Crippen molar-refractivity contribution in [2.45, 2.75) is 32.2 Å². The fourth-order valence-corrected chi connectivity index (χ4v) is 2.16. The van der Waals surface area contributed by atoms with Gasteiger partial charge in [-0.3, -0.25) is 4.79 Å². The van der Waals surface area contributed by atoms with Gasteiger partial charge >= 0.3 is 5.97 Å². The van der Waals surface area contributed by atoms with Crippen LogP contribution < -0.4 is 5.32 Å². The van der Waals surface area contributed by atoms with Crippen LogP contribution in [0, 0.1) is 12.8 Å². The standard InChI is InChI=1S/C14H17NO4/c1-8-10(4-3-5-11(8)16)12(17)15-14(2,13(18)19)9-6-7-9/h3-5,9,16H,6-7H2,1-2H3,(H,15,17)(H,18,19). The smallest absolute Gasteiger partial charge is 0.329 e. The summed E-state index contributed by atoms with van der Waals surface area (Å²) in [5.41, 5.74) is -0.494. The second-order valence-corrected chi connectivity index (χ2v) is 5.19. The first kappa shape index (κ1) is 13.4. The van der Waals surface area contributed by atoms with E-state index in [4.69, 9.17) is 0 Å². The number of rotatable bonds is 4. The maximum absolute atomic E-state index is 12.2. The quantitative estimate of drug-likeness (QED) is 0.771. The molecule has 1 atom stereocenters. The Morgan fingerprint density at radius 1 is 1.37 bits per heavy atom. The number of carbonyl (C=O) groups is 2. The van der Waals surface area contributed by atoms with E-state index in [1.807, 2.05) is 0 Å². The van der Waals surface area contributed by atoms with Crippen LogP contribution in [0.5, 0.6) is 5.75 Å². The van der Waals surface area contributed by atoms with Gasteiger partial charge in [0.25, 0.3) is 5.91 Å². The maximum Gasteiger partial charge on any atom is 0.329 e. The van der Waals surface area contributed by atoms with Crippen molar-refractivity contribution in [2.75, 3.05) is 0 Å². The van der Waals surface area contributed by atoms with Gasteiger partial charge in [0, 0.05) is 11.1 Å². The van der Waals surface area contributed by atoms with Gasteiger partial charge in [-0.25, -0.2) is 4.79 Å². The normalized spacial score (nSPS) is 17.6. The molecule has 1 aromatic rings. The zero-order valence-corrected chi connectivity index (χ0v) is 10.9. The van der Waals surface area contributed by atoms with E-state index in [1.54, 1.807) is 19.1 Å². The molecule has 5 nitrogen and oxygen atoms in total. The lowest BCUT2D eigenvalue weighted by atomic mass is 9.95. The number of phenolic OH excluding ortho intramolecular Hbond substituents is 1. The Morgan fingerprint density at radius 3 is 2.53 bits per heavy atom. The van der Waals surface area contributed by atoms with E-state index in [0.717, 1.165) is 12.8 Å². The van der Waals surface area contributed by atoms with Gasteiger partial charge in [-0.05, 0) is 44.7 Å². The minimum absolute atomic E-state index is 0.0217. The zero-order valence-electron chi connectivity index (χ0n) is 10.9. The van der Waals surface area contributed by atoms with Crippen LogP contribution in [0.15, 0.2) is 18.2 Å². The third kappa shape index (κ3) is 2.41. The molecule has 1 aliphatic rings. The predicted molar refractivity (Wildman–Crippen MR) is 69.1 cm³/mol. The summed E-state index contributed by atoms with van der Waals surface area (Å²) in [5, 5.41) is 21.5. The highest BCUT2D eigenvalue weighted by molar-refractivity contribution is 5.99. The van der Waals surface area contributed by atoms with Crippen molar-refractivity contribution in [3.63, 3.8) is 0 Å². The Bertz CT molecular complexity index is 536. The summed E-state index contributed by atoms with van der Waals surface area (Å²) >= 11 is 0. The molecule has 1 aromatic carbocycles. The first-order valence-electron chi connectivity index (χ1n) is 6.20. The summed E-state index contributed by atoms with van der Waals surface area (Å²) in [6.07, 6.45) is 1.62. The van der Waals surface area contributed by atoms with E-state index in [2.05, 4.69) is 5.32 Å². The number of aliphatic carboxylic acids is 1. The van der Waals surface area contributed by atoms with Crippen molar-refractivity contribution >= 4 is 11.9 Å². The number of carboxylic acid groups (broad SMARTS) is 1. The third-order valence-corrected chi connectivity index (χ3v) is 3.76. The number of hydrogen-bond acceptors (Lipinski definition) is 3. The van der Waals surface area contributed by atoms with E-state index < -0.39 is 17.4 Å². The minimum Gasteiger partial charge on any atom is -0.508 e. The van der Waals surface area contributed by atoms with Crippen LogP contribution >= 0.6 is 0 Å². The van der Waals surface area contributed by atoms with Crippen LogP contribution in [-0.2, 0) is 4.79 Å². The Morgan fingerprint density at radius 2 is 2.00 bits per heavy atom. The molecular formula is C14H17NO4. The third-order valence-electron chi connectivity index (χ3n) is 3.76. The molecule has 1 saturated carbocycles. The molecule has 102 valence electrons. The number of aromatic hydroxyl groups is 1. The number of carbonyl (C=O) groups excluding carboxylic acids is 1. The lowest BCUT2D eigenvalue weighted by Crippen LogP contribution is -2.54. The van der Waals surface area contributed by atoms with Gasteiger partial charge in [0.15, 0.2) is 0 Å². The molecule has 19 heavy (non-hydrogen) atoms. The Kier molecular flexibility index (Phi) is 3.22. The predicted octanol–water partition coefficient (Wildman–Crippen LogP) is 1.68. The van der Waals surface area contributed by atoms with Gasteiger partial charge in [0.1, 0.15) is 11.3 Å². The molecular weight excluding hydrogens is 246 g/mol. The molecule has 1 fully saturated rings. The van der Waals surface area contributed by atoms with Crippen LogP contribution in [0.3, 0.4) is 0 Å². The molecule has 0 bridgehead atoms. The highest BCUT2D eigenvalue weighted by atomic mass is 16.4. The number of carboxylic acids is 1. The largest absolute Gasteiger partial charge is 0.508 e. The summed E-state index contributed by atoms with van der Waals surface area (Å²) in [5.74, 6) is -1.49. The first-order valence-corrected chi connectivity index (χ1v) is 6.20. The van der Waals surface area contributed by atoms with Crippen LogP contribution in [-0.4, -0.2) is 27.6 Å². The molecule has 1 aliphatic carbocycles. The van der Waals surface area contributed by atoms with Gasteiger partial charge in [0.05, 0.1) is 0 Å². The number of nitrogens with one attached hydrogen (secondary N) is 1. The van der Waals surface area contributed by atoms with E-state index in [-0.39, 0.29) is 11.7 Å². The molecule has 1 unspecified atom stereocenters. The lowest BCUT2D eigenvalue weighted by Gasteiger charge is -2.26. The average Bonchev–Trinajstić information content (AvgIpc) is 3.16. The zero-order chi connectivity index (χ0) is 14.2. The molecule has 2 rings (SSSR count).